The van der Waals surface area contributed by atoms with Crippen molar-refractivity contribution in [3.8, 4) is 5.75 Å². The predicted molar refractivity (Wildman–Crippen MR) is 83.9 cm³/mol. The van der Waals surface area contributed by atoms with E-state index in [2.05, 4.69) is 16.8 Å². The lowest BCUT2D eigenvalue weighted by atomic mass is 9.97. The zero-order chi connectivity index (χ0) is 15.1. The largest absolute Gasteiger partial charge is 0.505 e. The minimum absolute atomic E-state index is 0.0904. The van der Waals surface area contributed by atoms with Crippen LogP contribution in [0.2, 0.25) is 0 Å². The van der Waals surface area contributed by atoms with Crippen LogP contribution in [0, 0.1) is 5.82 Å². The van der Waals surface area contributed by atoms with Crippen molar-refractivity contribution in [1.82, 2.24) is 10.2 Å². The molecule has 2 rings (SSSR count). The summed E-state index contributed by atoms with van der Waals surface area (Å²) in [5.41, 5.74) is 0.718. The van der Waals surface area contributed by atoms with Crippen molar-refractivity contribution in [3.63, 3.8) is 0 Å². The van der Waals surface area contributed by atoms with E-state index in [9.17, 15) is 9.50 Å². The molecule has 3 nitrogen and oxygen atoms in total. The number of rotatable bonds is 7. The van der Waals surface area contributed by atoms with Gasteiger partial charge in [0.15, 0.2) is 11.6 Å². The first kappa shape index (κ1) is 16.0. The van der Waals surface area contributed by atoms with Crippen LogP contribution in [0.4, 0.5) is 4.39 Å². The van der Waals surface area contributed by atoms with E-state index in [0.29, 0.717) is 0 Å². The van der Waals surface area contributed by atoms with Crippen LogP contribution in [0.15, 0.2) is 30.9 Å². The van der Waals surface area contributed by atoms with Gasteiger partial charge in [-0.1, -0.05) is 24.6 Å². The number of nitrogens with one attached hydrogen (secondary N) is 1. The lowest BCUT2D eigenvalue weighted by Gasteiger charge is -2.35. The third kappa shape index (κ3) is 4.29. The maximum absolute atomic E-state index is 13.7. The topological polar surface area (TPSA) is 35.5 Å². The molecule has 0 spiro atoms. The third-order valence-corrected chi connectivity index (χ3v) is 4.11. The summed E-state index contributed by atoms with van der Waals surface area (Å²) < 4.78 is 13.7. The van der Waals surface area contributed by atoms with Gasteiger partial charge in [0.25, 0.3) is 0 Å². The summed E-state index contributed by atoms with van der Waals surface area (Å²) in [7, 11) is 0. The molecule has 1 atom stereocenters. The van der Waals surface area contributed by atoms with Crippen LogP contribution in [-0.4, -0.2) is 36.2 Å². The number of unbranched alkanes of at least 4 members (excludes halogenated alkanes) is 2. The van der Waals surface area contributed by atoms with E-state index in [1.54, 1.807) is 6.07 Å². The van der Waals surface area contributed by atoms with E-state index >= 15 is 0 Å². The van der Waals surface area contributed by atoms with Crippen molar-refractivity contribution in [3.05, 3.63) is 42.2 Å². The summed E-state index contributed by atoms with van der Waals surface area (Å²) in [6.45, 7) is 7.50. The second-order valence-electron chi connectivity index (χ2n) is 5.55. The number of phenols is 1. The van der Waals surface area contributed by atoms with Gasteiger partial charge in [-0.3, -0.25) is 4.90 Å². The van der Waals surface area contributed by atoms with Gasteiger partial charge in [0.2, 0.25) is 0 Å². The molecular formula is C17H25FN2O. The Kier molecular flexibility index (Phi) is 6.21. The number of hydrogen-bond acceptors (Lipinski definition) is 3. The van der Waals surface area contributed by atoms with E-state index < -0.39 is 5.82 Å². The average molecular weight is 292 g/mol. The molecular weight excluding hydrogens is 267 g/mol. The van der Waals surface area contributed by atoms with Crippen LogP contribution in [0.5, 0.6) is 5.75 Å². The Hall–Kier alpha value is -1.39. The molecule has 2 N–H and O–H groups in total. The van der Waals surface area contributed by atoms with Gasteiger partial charge in [-0.15, -0.1) is 6.58 Å². The molecule has 0 aliphatic carbocycles. The number of allylic oxidation sites excluding steroid dienone is 1. The zero-order valence-electron chi connectivity index (χ0n) is 12.5. The molecule has 116 valence electrons. The van der Waals surface area contributed by atoms with Crippen LogP contribution in [0.25, 0.3) is 0 Å². The quantitative estimate of drug-likeness (QED) is 0.598. The van der Waals surface area contributed by atoms with Crippen molar-refractivity contribution >= 4 is 0 Å². The molecule has 0 saturated carbocycles. The Labute approximate surface area is 126 Å². The summed E-state index contributed by atoms with van der Waals surface area (Å²) in [5, 5.41) is 13.4. The molecule has 1 aliphatic rings. The molecule has 1 aromatic carbocycles. The number of para-hydroxylation sites is 1. The predicted octanol–water partition coefficient (Wildman–Crippen LogP) is 3.22. The van der Waals surface area contributed by atoms with Crippen LogP contribution >= 0.6 is 0 Å². The summed E-state index contributed by atoms with van der Waals surface area (Å²) in [4.78, 5) is 2.35. The second-order valence-corrected chi connectivity index (χ2v) is 5.55. The maximum atomic E-state index is 13.7. The maximum Gasteiger partial charge on any atom is 0.165 e. The Balaban J connectivity index is 2.13. The zero-order valence-corrected chi connectivity index (χ0v) is 12.5. The van der Waals surface area contributed by atoms with Crippen molar-refractivity contribution in [2.45, 2.75) is 31.7 Å². The standard InChI is InChI=1S/C17H25FN2O/c1-2-3-4-5-9-16(20-12-10-19-11-13-20)14-7-6-8-15(18)17(14)21/h2,6-8,16,19,21H,1,3-5,9-13H2/t16-/m0/s1. The van der Waals surface area contributed by atoms with E-state index in [4.69, 9.17) is 0 Å². The highest BCUT2D eigenvalue weighted by molar-refractivity contribution is 5.36. The van der Waals surface area contributed by atoms with E-state index in [1.165, 1.54) is 6.07 Å². The summed E-state index contributed by atoms with van der Waals surface area (Å²) in [6.07, 6.45) is 6.01. The highest BCUT2D eigenvalue weighted by Crippen LogP contribution is 2.34. The molecule has 1 aromatic rings. The Bertz CT molecular complexity index is 458. The third-order valence-electron chi connectivity index (χ3n) is 4.11. The normalized spacial score (nSPS) is 17.6. The van der Waals surface area contributed by atoms with E-state index in [1.807, 2.05) is 12.1 Å². The molecule has 0 bridgehead atoms. The van der Waals surface area contributed by atoms with Crippen LogP contribution in [0.1, 0.15) is 37.3 Å². The number of benzene rings is 1. The SMILES string of the molecule is C=CCCCC[C@@H](c1cccc(F)c1O)N1CCNCC1. The molecule has 1 fully saturated rings. The number of aromatic hydroxyl groups is 1. The fourth-order valence-corrected chi connectivity index (χ4v) is 2.96. The second kappa shape index (κ2) is 8.15. The fourth-order valence-electron chi connectivity index (χ4n) is 2.96. The van der Waals surface area contributed by atoms with Crippen LogP contribution in [0.3, 0.4) is 0 Å². The fraction of sp³-hybridized carbons (Fsp3) is 0.529. The molecule has 0 unspecified atom stereocenters. The summed E-state index contributed by atoms with van der Waals surface area (Å²) in [6, 6.07) is 4.93. The van der Waals surface area contributed by atoms with Gasteiger partial charge in [0.1, 0.15) is 0 Å². The van der Waals surface area contributed by atoms with E-state index in [-0.39, 0.29) is 11.8 Å². The van der Waals surface area contributed by atoms with Gasteiger partial charge in [0.05, 0.1) is 0 Å². The van der Waals surface area contributed by atoms with Crippen molar-refractivity contribution in [2.75, 3.05) is 26.2 Å². The lowest BCUT2D eigenvalue weighted by Crippen LogP contribution is -2.45. The molecule has 1 saturated heterocycles. The van der Waals surface area contributed by atoms with Gasteiger partial charge in [-0.25, -0.2) is 4.39 Å². The first-order valence-electron chi connectivity index (χ1n) is 7.77. The monoisotopic (exact) mass is 292 g/mol. The van der Waals surface area contributed by atoms with Gasteiger partial charge >= 0.3 is 0 Å². The van der Waals surface area contributed by atoms with Crippen molar-refractivity contribution < 1.29 is 9.50 Å². The van der Waals surface area contributed by atoms with Gasteiger partial charge in [0, 0.05) is 37.8 Å². The number of hydrogen-bond donors (Lipinski definition) is 2. The summed E-state index contributed by atoms with van der Waals surface area (Å²) in [5.74, 6) is -0.719. The number of phenolic OH excluding ortho intramolecular Hbond substituents is 1. The van der Waals surface area contributed by atoms with Crippen molar-refractivity contribution in [2.24, 2.45) is 0 Å². The first-order chi connectivity index (χ1) is 10.2. The number of piperazine rings is 1. The first-order valence-corrected chi connectivity index (χ1v) is 7.77. The highest BCUT2D eigenvalue weighted by Gasteiger charge is 2.25. The van der Waals surface area contributed by atoms with Crippen molar-refractivity contribution in [1.29, 1.82) is 0 Å². The van der Waals surface area contributed by atoms with Gasteiger partial charge < -0.3 is 10.4 Å². The van der Waals surface area contributed by atoms with Crippen LogP contribution < -0.4 is 5.32 Å². The number of nitrogens with zero attached hydrogens (tertiary/aromatic N) is 1. The van der Waals surface area contributed by atoms with Gasteiger partial charge in [-0.05, 0) is 25.3 Å². The lowest BCUT2D eigenvalue weighted by molar-refractivity contribution is 0.159. The molecule has 1 aliphatic heterocycles. The highest BCUT2D eigenvalue weighted by atomic mass is 19.1. The van der Waals surface area contributed by atoms with Gasteiger partial charge in [-0.2, -0.15) is 0 Å². The Morgan fingerprint density at radius 2 is 2.10 bits per heavy atom. The van der Waals surface area contributed by atoms with E-state index in [0.717, 1.165) is 57.4 Å². The molecule has 0 aromatic heterocycles. The average Bonchev–Trinajstić information content (AvgIpc) is 2.52. The minimum atomic E-state index is -0.529. The Morgan fingerprint density at radius 1 is 1.33 bits per heavy atom. The van der Waals surface area contributed by atoms with Crippen LogP contribution in [-0.2, 0) is 0 Å². The minimum Gasteiger partial charge on any atom is -0.505 e. The molecule has 4 heteroatoms. The molecule has 1 heterocycles. The molecule has 21 heavy (non-hydrogen) atoms. The number of halogens is 1. The smallest absolute Gasteiger partial charge is 0.165 e. The molecule has 0 amide bonds. The molecule has 0 radical (unpaired) electrons. The Morgan fingerprint density at radius 3 is 2.81 bits per heavy atom. The summed E-state index contributed by atoms with van der Waals surface area (Å²) >= 11 is 0.